The van der Waals surface area contributed by atoms with E-state index in [9.17, 15) is 10.5 Å². The van der Waals surface area contributed by atoms with Gasteiger partial charge in [-0.3, -0.25) is 0 Å². The molecule has 0 spiro atoms. The van der Waals surface area contributed by atoms with Crippen molar-refractivity contribution in [3.05, 3.63) is 126 Å². The summed E-state index contributed by atoms with van der Waals surface area (Å²) in [6.07, 6.45) is 0. The van der Waals surface area contributed by atoms with Gasteiger partial charge < -0.3 is 8.98 Å². The Bertz CT molecular complexity index is 2710. The first kappa shape index (κ1) is 23.8. The molecule has 0 amide bonds. The lowest BCUT2D eigenvalue weighted by molar-refractivity contribution is 0.665. The third kappa shape index (κ3) is 3.35. The van der Waals surface area contributed by atoms with Gasteiger partial charge in [-0.25, -0.2) is 0 Å². The second-order valence-electron chi connectivity index (χ2n) is 10.8. The fraction of sp³-hybridized carbons (Fsp3) is 0. The lowest BCUT2D eigenvalue weighted by atomic mass is 9.98. The van der Waals surface area contributed by atoms with Gasteiger partial charge in [-0.05, 0) is 71.8 Å². The normalized spacial score (nSPS) is 11.7. The van der Waals surface area contributed by atoms with Crippen LogP contribution in [-0.4, -0.2) is 4.57 Å². The van der Waals surface area contributed by atoms with E-state index in [-0.39, 0.29) is 0 Å². The molecule has 43 heavy (non-hydrogen) atoms. The van der Waals surface area contributed by atoms with Gasteiger partial charge in [0.1, 0.15) is 6.07 Å². The molecule has 3 aromatic heterocycles. The zero-order valence-corrected chi connectivity index (χ0v) is 23.4. The monoisotopic (exact) mass is 565 g/mol. The van der Waals surface area contributed by atoms with Crippen LogP contribution in [0, 0.1) is 22.7 Å². The molecule has 5 heteroatoms. The number of furan rings is 1. The highest BCUT2D eigenvalue weighted by atomic mass is 32.1. The third-order valence-corrected chi connectivity index (χ3v) is 9.60. The second kappa shape index (κ2) is 8.81. The summed E-state index contributed by atoms with van der Waals surface area (Å²) in [4.78, 5) is 0. The van der Waals surface area contributed by atoms with E-state index in [4.69, 9.17) is 4.42 Å². The molecule has 0 fully saturated rings. The van der Waals surface area contributed by atoms with Crippen LogP contribution in [0.2, 0.25) is 0 Å². The van der Waals surface area contributed by atoms with Crippen molar-refractivity contribution in [2.75, 3.05) is 0 Å². The van der Waals surface area contributed by atoms with Crippen molar-refractivity contribution in [3.63, 3.8) is 0 Å². The molecule has 9 aromatic rings. The Hall–Kier alpha value is -5.88. The van der Waals surface area contributed by atoms with Crippen LogP contribution in [0.1, 0.15) is 11.1 Å². The Morgan fingerprint density at radius 2 is 1.30 bits per heavy atom. The average Bonchev–Trinajstić information content (AvgIpc) is 3.73. The van der Waals surface area contributed by atoms with E-state index in [0.717, 1.165) is 55.0 Å². The minimum absolute atomic E-state index is 0.505. The summed E-state index contributed by atoms with van der Waals surface area (Å²) in [6, 6.07) is 44.0. The summed E-state index contributed by atoms with van der Waals surface area (Å²) in [5, 5.41) is 26.2. The molecule has 0 unspecified atom stereocenters. The molecule has 198 valence electrons. The Balaban J connectivity index is 1.31. The SMILES string of the molecule is N#Cc1ccc2c(c1)c1ccccc1n2-c1cccc2c1oc1c(C#N)cc(-c3ccc4sc5ccccc5c4c3)cc12. The van der Waals surface area contributed by atoms with E-state index in [1.54, 1.807) is 11.3 Å². The quantitative estimate of drug-likeness (QED) is 0.209. The highest BCUT2D eigenvalue weighted by Gasteiger charge is 2.20. The van der Waals surface area contributed by atoms with Crippen molar-refractivity contribution in [3.8, 4) is 29.0 Å². The largest absolute Gasteiger partial charge is 0.452 e. The first-order valence-corrected chi connectivity index (χ1v) is 14.8. The predicted molar refractivity (Wildman–Crippen MR) is 176 cm³/mol. The third-order valence-electron chi connectivity index (χ3n) is 8.45. The fourth-order valence-electron chi connectivity index (χ4n) is 6.52. The number of nitrogens with zero attached hydrogens (tertiary/aromatic N) is 3. The number of benzene rings is 6. The number of aromatic nitrogens is 1. The highest BCUT2D eigenvalue weighted by Crippen LogP contribution is 2.41. The zero-order valence-electron chi connectivity index (χ0n) is 22.6. The maximum absolute atomic E-state index is 10.3. The van der Waals surface area contributed by atoms with E-state index in [1.165, 1.54) is 20.2 Å². The number of hydrogen-bond donors (Lipinski definition) is 0. The highest BCUT2D eigenvalue weighted by molar-refractivity contribution is 7.25. The maximum atomic E-state index is 10.3. The average molecular weight is 566 g/mol. The first-order valence-electron chi connectivity index (χ1n) is 14.0. The van der Waals surface area contributed by atoms with Crippen LogP contribution >= 0.6 is 11.3 Å². The molecule has 3 heterocycles. The molecule has 0 aliphatic carbocycles. The summed E-state index contributed by atoms with van der Waals surface area (Å²) in [7, 11) is 0. The zero-order chi connectivity index (χ0) is 28.7. The predicted octanol–water partition coefficient (Wildman–Crippen LogP) is 10.5. The van der Waals surface area contributed by atoms with Gasteiger partial charge in [-0.15, -0.1) is 11.3 Å². The first-order chi connectivity index (χ1) is 21.2. The van der Waals surface area contributed by atoms with Gasteiger partial charge in [0, 0.05) is 41.7 Å². The Kier molecular flexibility index (Phi) is 4.87. The van der Waals surface area contributed by atoms with Gasteiger partial charge in [0.25, 0.3) is 0 Å². The summed E-state index contributed by atoms with van der Waals surface area (Å²) in [5.74, 6) is 0. The molecule has 6 aromatic carbocycles. The van der Waals surface area contributed by atoms with Gasteiger partial charge in [0.05, 0.1) is 33.9 Å². The van der Waals surface area contributed by atoms with Crippen molar-refractivity contribution in [2.45, 2.75) is 0 Å². The van der Waals surface area contributed by atoms with Gasteiger partial charge >= 0.3 is 0 Å². The van der Waals surface area contributed by atoms with Crippen molar-refractivity contribution in [2.24, 2.45) is 0 Å². The number of fused-ring (bicyclic) bond motifs is 9. The number of rotatable bonds is 2. The Morgan fingerprint density at radius 3 is 2.19 bits per heavy atom. The minimum atomic E-state index is 0.505. The molecule has 0 aliphatic heterocycles. The number of thiophene rings is 1. The van der Waals surface area contributed by atoms with Crippen LogP contribution in [0.4, 0.5) is 0 Å². The molecule has 0 radical (unpaired) electrons. The van der Waals surface area contributed by atoms with E-state index < -0.39 is 0 Å². The van der Waals surface area contributed by atoms with E-state index in [1.807, 2.05) is 42.5 Å². The van der Waals surface area contributed by atoms with Crippen molar-refractivity contribution in [1.82, 2.24) is 4.57 Å². The van der Waals surface area contributed by atoms with E-state index in [2.05, 4.69) is 89.5 Å². The molecule has 0 N–H and O–H groups in total. The topological polar surface area (TPSA) is 65.7 Å². The van der Waals surface area contributed by atoms with Gasteiger partial charge in [-0.2, -0.15) is 10.5 Å². The number of hydrogen-bond acceptors (Lipinski definition) is 4. The van der Waals surface area contributed by atoms with Crippen LogP contribution in [0.15, 0.2) is 120 Å². The molecular weight excluding hydrogens is 547 g/mol. The van der Waals surface area contributed by atoms with Crippen LogP contribution in [-0.2, 0) is 0 Å². The number of nitriles is 2. The molecule has 0 saturated carbocycles. The molecule has 0 saturated heterocycles. The summed E-state index contributed by atoms with van der Waals surface area (Å²) in [5.41, 5.74) is 7.39. The lowest BCUT2D eigenvalue weighted by Crippen LogP contribution is -1.94. The molecule has 4 nitrogen and oxygen atoms in total. The maximum Gasteiger partial charge on any atom is 0.159 e. The van der Waals surface area contributed by atoms with Crippen LogP contribution in [0.25, 0.3) is 80.7 Å². The molecule has 9 rings (SSSR count). The lowest BCUT2D eigenvalue weighted by Gasteiger charge is -2.08. The van der Waals surface area contributed by atoms with Gasteiger partial charge in [0.2, 0.25) is 0 Å². The molecule has 0 atom stereocenters. The minimum Gasteiger partial charge on any atom is -0.452 e. The van der Waals surface area contributed by atoms with Crippen LogP contribution in [0.3, 0.4) is 0 Å². The van der Waals surface area contributed by atoms with Crippen molar-refractivity contribution >= 4 is 75.3 Å². The van der Waals surface area contributed by atoms with Crippen LogP contribution in [0.5, 0.6) is 0 Å². The molecule has 0 bridgehead atoms. The standard InChI is InChI=1S/C38H19N3OS/c39-20-22-12-14-33-29(16-22)26-6-1-3-9-32(26)41(33)34-10-5-8-28-31-19-24(17-25(21-40)37(31)42-38(28)34)23-13-15-36-30(18-23)27-7-2-4-11-35(27)43-36/h1-19H. The Morgan fingerprint density at radius 1 is 0.535 bits per heavy atom. The van der Waals surface area contributed by atoms with Crippen LogP contribution < -0.4 is 0 Å². The van der Waals surface area contributed by atoms with Crippen molar-refractivity contribution in [1.29, 1.82) is 10.5 Å². The second-order valence-corrected chi connectivity index (χ2v) is 11.9. The summed E-state index contributed by atoms with van der Waals surface area (Å²) in [6.45, 7) is 0. The van der Waals surface area contributed by atoms with E-state index >= 15 is 0 Å². The fourth-order valence-corrected chi connectivity index (χ4v) is 7.60. The van der Waals surface area contributed by atoms with Gasteiger partial charge in [-0.1, -0.05) is 54.6 Å². The van der Waals surface area contributed by atoms with Gasteiger partial charge in [0.15, 0.2) is 11.2 Å². The number of para-hydroxylation sites is 2. The Labute approximate surface area is 249 Å². The smallest absolute Gasteiger partial charge is 0.159 e. The molecular formula is C38H19N3OS. The summed E-state index contributed by atoms with van der Waals surface area (Å²) >= 11 is 1.80. The summed E-state index contributed by atoms with van der Waals surface area (Å²) < 4.78 is 11.3. The van der Waals surface area contributed by atoms with E-state index in [0.29, 0.717) is 16.7 Å². The molecule has 0 aliphatic rings. The van der Waals surface area contributed by atoms with Crippen molar-refractivity contribution < 1.29 is 4.42 Å².